The van der Waals surface area contributed by atoms with Crippen molar-refractivity contribution >= 4 is 18.3 Å². The fourth-order valence-corrected chi connectivity index (χ4v) is 2.01. The molecular weight excluding hydrogens is 240 g/mol. The molecule has 17 heavy (non-hydrogen) atoms. The number of nitrogens with two attached hydrogens (primary N) is 1. The average molecular weight is 257 g/mol. The number of carbonyl (C=O) groups is 1. The van der Waals surface area contributed by atoms with Crippen LogP contribution in [0, 0.1) is 0 Å². The molecule has 1 aromatic rings. The Hall–Kier alpha value is -1.26. The van der Waals surface area contributed by atoms with Gasteiger partial charge in [-0.3, -0.25) is 4.79 Å². The normalized spacial score (nSPS) is 23.5. The Labute approximate surface area is 107 Å². The summed E-state index contributed by atoms with van der Waals surface area (Å²) in [6, 6.07) is 7.73. The summed E-state index contributed by atoms with van der Waals surface area (Å²) in [6.45, 7) is 0.551. The minimum atomic E-state index is -0.00825. The van der Waals surface area contributed by atoms with Crippen molar-refractivity contribution in [2.45, 2.75) is 18.4 Å². The fourth-order valence-electron chi connectivity index (χ4n) is 2.01. The van der Waals surface area contributed by atoms with Crippen LogP contribution in [-0.4, -0.2) is 25.6 Å². The molecule has 5 heteroatoms. The number of hydrogen-bond donors (Lipinski definition) is 2. The van der Waals surface area contributed by atoms with E-state index in [4.69, 9.17) is 10.5 Å². The summed E-state index contributed by atoms with van der Waals surface area (Å²) in [5.41, 5.74) is 7.10. The predicted octanol–water partition coefficient (Wildman–Crippen LogP) is 1.05. The summed E-state index contributed by atoms with van der Waals surface area (Å²) in [5.74, 6) is 1.000. The Morgan fingerprint density at radius 1 is 1.35 bits per heavy atom. The van der Waals surface area contributed by atoms with Crippen molar-refractivity contribution < 1.29 is 9.53 Å². The van der Waals surface area contributed by atoms with Gasteiger partial charge in [0.25, 0.3) is 0 Å². The van der Waals surface area contributed by atoms with Crippen LogP contribution >= 0.6 is 12.4 Å². The van der Waals surface area contributed by atoms with Crippen molar-refractivity contribution in [2.75, 3.05) is 13.7 Å². The van der Waals surface area contributed by atoms with E-state index in [9.17, 15) is 4.79 Å². The van der Waals surface area contributed by atoms with Gasteiger partial charge in [-0.2, -0.15) is 0 Å². The molecule has 1 amide bonds. The monoisotopic (exact) mass is 256 g/mol. The molecule has 3 N–H and O–H groups in total. The van der Waals surface area contributed by atoms with Gasteiger partial charge in [-0.15, -0.1) is 12.4 Å². The number of benzene rings is 1. The van der Waals surface area contributed by atoms with Crippen molar-refractivity contribution in [3.8, 4) is 5.75 Å². The smallest absolute Gasteiger partial charge is 0.220 e. The standard InChI is InChI=1S/C12H16N2O2.ClH/c1-16-9-4-2-8(3-5-9)10-6-12(15)14-7-11(10)13;/h2-5,10-11H,6-7,13H2,1H3,(H,14,15);1H/t10-,11+;/m0./s1. The fraction of sp³-hybridized carbons (Fsp3) is 0.417. The first-order chi connectivity index (χ1) is 7.70. The van der Waals surface area contributed by atoms with Crippen molar-refractivity contribution in [3.05, 3.63) is 29.8 Å². The lowest BCUT2D eigenvalue weighted by atomic mass is 9.86. The van der Waals surface area contributed by atoms with E-state index < -0.39 is 0 Å². The molecule has 1 fully saturated rings. The summed E-state index contributed by atoms with van der Waals surface area (Å²) in [4.78, 5) is 11.3. The van der Waals surface area contributed by atoms with Crippen LogP contribution in [-0.2, 0) is 4.79 Å². The highest BCUT2D eigenvalue weighted by atomic mass is 35.5. The molecule has 0 unspecified atom stereocenters. The quantitative estimate of drug-likeness (QED) is 0.831. The van der Waals surface area contributed by atoms with E-state index in [1.807, 2.05) is 24.3 Å². The van der Waals surface area contributed by atoms with Gasteiger partial charge >= 0.3 is 0 Å². The van der Waals surface area contributed by atoms with Gasteiger partial charge in [-0.25, -0.2) is 0 Å². The molecule has 2 atom stereocenters. The Morgan fingerprint density at radius 2 is 2.00 bits per heavy atom. The van der Waals surface area contributed by atoms with Crippen LogP contribution in [0.15, 0.2) is 24.3 Å². The molecule has 1 saturated heterocycles. The van der Waals surface area contributed by atoms with Crippen molar-refractivity contribution in [3.63, 3.8) is 0 Å². The number of ether oxygens (including phenoxy) is 1. The summed E-state index contributed by atoms with van der Waals surface area (Å²) in [7, 11) is 1.63. The van der Waals surface area contributed by atoms with E-state index in [0.717, 1.165) is 11.3 Å². The number of methoxy groups -OCH3 is 1. The predicted molar refractivity (Wildman–Crippen MR) is 68.6 cm³/mol. The molecule has 1 aliphatic heterocycles. The Bertz CT molecular complexity index is 381. The number of amides is 1. The zero-order valence-electron chi connectivity index (χ0n) is 9.68. The largest absolute Gasteiger partial charge is 0.497 e. The van der Waals surface area contributed by atoms with Gasteiger partial charge in [0.2, 0.25) is 5.91 Å². The molecule has 4 nitrogen and oxygen atoms in total. The first-order valence-electron chi connectivity index (χ1n) is 5.37. The van der Waals surface area contributed by atoms with Crippen molar-refractivity contribution in [1.82, 2.24) is 5.32 Å². The molecule has 0 aromatic heterocycles. The summed E-state index contributed by atoms with van der Waals surface area (Å²) < 4.78 is 5.09. The number of hydrogen-bond acceptors (Lipinski definition) is 3. The van der Waals surface area contributed by atoms with Crippen LogP contribution in [0.4, 0.5) is 0 Å². The lowest BCUT2D eigenvalue weighted by Gasteiger charge is -2.29. The van der Waals surface area contributed by atoms with E-state index in [2.05, 4.69) is 5.32 Å². The number of halogens is 1. The minimum Gasteiger partial charge on any atom is -0.497 e. The molecule has 1 heterocycles. The third kappa shape index (κ3) is 3.11. The second kappa shape index (κ2) is 5.89. The zero-order valence-corrected chi connectivity index (χ0v) is 10.5. The molecule has 0 spiro atoms. The SMILES string of the molecule is COc1ccc([C@@H]2CC(=O)NC[C@H]2N)cc1.Cl. The van der Waals surface area contributed by atoms with Crippen LogP contribution in [0.2, 0.25) is 0 Å². The summed E-state index contributed by atoms with van der Waals surface area (Å²) in [6.07, 6.45) is 0.466. The maximum atomic E-state index is 11.3. The van der Waals surface area contributed by atoms with Gasteiger partial charge in [-0.05, 0) is 17.7 Å². The van der Waals surface area contributed by atoms with E-state index >= 15 is 0 Å². The van der Waals surface area contributed by atoms with Crippen LogP contribution in [0.5, 0.6) is 5.75 Å². The molecule has 94 valence electrons. The molecular formula is C12H17ClN2O2. The van der Waals surface area contributed by atoms with Crippen LogP contribution in [0.3, 0.4) is 0 Å². The molecule has 1 aromatic carbocycles. The van der Waals surface area contributed by atoms with Crippen molar-refractivity contribution in [1.29, 1.82) is 0 Å². The molecule has 1 aliphatic rings. The van der Waals surface area contributed by atoms with Gasteiger partial charge in [0, 0.05) is 24.9 Å². The first kappa shape index (κ1) is 13.8. The van der Waals surface area contributed by atoms with Gasteiger partial charge in [0.15, 0.2) is 0 Å². The van der Waals surface area contributed by atoms with E-state index in [0.29, 0.717) is 13.0 Å². The maximum Gasteiger partial charge on any atom is 0.220 e. The summed E-state index contributed by atoms with van der Waals surface area (Å²) >= 11 is 0. The Balaban J connectivity index is 0.00000144. The van der Waals surface area contributed by atoms with Crippen LogP contribution < -0.4 is 15.8 Å². The Morgan fingerprint density at radius 3 is 2.59 bits per heavy atom. The van der Waals surface area contributed by atoms with Crippen LogP contribution in [0.25, 0.3) is 0 Å². The zero-order chi connectivity index (χ0) is 11.5. The van der Waals surface area contributed by atoms with Gasteiger partial charge in [0.1, 0.15) is 5.75 Å². The lowest BCUT2D eigenvalue weighted by Crippen LogP contribution is -2.47. The highest BCUT2D eigenvalue weighted by Gasteiger charge is 2.27. The molecule has 2 rings (SSSR count). The third-order valence-electron chi connectivity index (χ3n) is 3.00. The van der Waals surface area contributed by atoms with Gasteiger partial charge in [0.05, 0.1) is 7.11 Å². The number of nitrogens with one attached hydrogen (secondary N) is 1. The average Bonchev–Trinajstić information content (AvgIpc) is 2.32. The summed E-state index contributed by atoms with van der Waals surface area (Å²) in [5, 5.41) is 2.77. The number of rotatable bonds is 2. The molecule has 0 saturated carbocycles. The highest BCUT2D eigenvalue weighted by molar-refractivity contribution is 5.85. The molecule has 0 bridgehead atoms. The van der Waals surface area contributed by atoms with Crippen molar-refractivity contribution in [2.24, 2.45) is 5.73 Å². The highest BCUT2D eigenvalue weighted by Crippen LogP contribution is 2.26. The first-order valence-corrected chi connectivity index (χ1v) is 5.37. The van der Waals surface area contributed by atoms with E-state index in [-0.39, 0.29) is 30.3 Å². The number of piperidine rings is 1. The minimum absolute atomic E-state index is 0. The Kier molecular flexibility index (Phi) is 4.78. The number of carbonyl (C=O) groups excluding carboxylic acids is 1. The van der Waals surface area contributed by atoms with E-state index in [1.165, 1.54) is 0 Å². The molecule has 0 aliphatic carbocycles. The van der Waals surface area contributed by atoms with Gasteiger partial charge in [-0.1, -0.05) is 12.1 Å². The van der Waals surface area contributed by atoms with Gasteiger partial charge < -0.3 is 15.8 Å². The third-order valence-corrected chi connectivity index (χ3v) is 3.00. The lowest BCUT2D eigenvalue weighted by molar-refractivity contribution is -0.122. The molecule has 0 radical (unpaired) electrons. The van der Waals surface area contributed by atoms with Crippen LogP contribution in [0.1, 0.15) is 17.9 Å². The topological polar surface area (TPSA) is 64.3 Å². The maximum absolute atomic E-state index is 11.3. The second-order valence-electron chi connectivity index (χ2n) is 4.05. The van der Waals surface area contributed by atoms with E-state index in [1.54, 1.807) is 7.11 Å². The second-order valence-corrected chi connectivity index (χ2v) is 4.05.